The van der Waals surface area contributed by atoms with Gasteiger partial charge in [-0.3, -0.25) is 0 Å². The lowest BCUT2D eigenvalue weighted by Gasteiger charge is -2.08. The third-order valence-electron chi connectivity index (χ3n) is 3.71. The Kier molecular flexibility index (Phi) is 3.37. The Bertz CT molecular complexity index is 773. The van der Waals surface area contributed by atoms with Crippen LogP contribution in [-0.2, 0) is 0 Å². The number of fused-ring (bicyclic) bond motifs is 1. The highest BCUT2D eigenvalue weighted by Gasteiger charge is 2.15. The van der Waals surface area contributed by atoms with Crippen molar-refractivity contribution in [2.75, 3.05) is 7.11 Å². The van der Waals surface area contributed by atoms with E-state index in [0.717, 1.165) is 28.2 Å². The number of hydrogen-bond acceptors (Lipinski definition) is 3. The maximum absolute atomic E-state index is 5.22. The molecule has 0 bridgehead atoms. The Labute approximate surface area is 124 Å². The molecule has 0 fully saturated rings. The molecule has 2 heterocycles. The highest BCUT2D eigenvalue weighted by atomic mass is 16.5. The number of ether oxygens (including phenoxy) is 1. The van der Waals surface area contributed by atoms with Crippen molar-refractivity contribution in [3.8, 4) is 17.0 Å². The lowest BCUT2D eigenvalue weighted by molar-refractivity contribution is 0.415. The zero-order chi connectivity index (χ0) is 15.0. The molecule has 1 aromatic carbocycles. The van der Waals surface area contributed by atoms with Gasteiger partial charge in [-0.25, -0.2) is 9.50 Å². The minimum Gasteiger partial charge on any atom is -0.497 e. The van der Waals surface area contributed by atoms with E-state index in [1.54, 1.807) is 13.4 Å². The topological polar surface area (TPSA) is 39.4 Å². The summed E-state index contributed by atoms with van der Waals surface area (Å²) in [7, 11) is 1.67. The fourth-order valence-electron chi connectivity index (χ4n) is 2.64. The number of rotatable bonds is 3. The Morgan fingerprint density at radius 1 is 1.14 bits per heavy atom. The van der Waals surface area contributed by atoms with Gasteiger partial charge in [0.15, 0.2) is 0 Å². The van der Waals surface area contributed by atoms with E-state index in [2.05, 4.69) is 49.1 Å². The summed E-state index contributed by atoms with van der Waals surface area (Å²) in [5.41, 5.74) is 5.59. The van der Waals surface area contributed by atoms with Gasteiger partial charge < -0.3 is 4.74 Å². The maximum atomic E-state index is 5.22. The molecule has 4 nitrogen and oxygen atoms in total. The lowest BCUT2D eigenvalue weighted by atomic mass is 10.1. The molecule has 0 amide bonds. The van der Waals surface area contributed by atoms with Gasteiger partial charge in [0, 0.05) is 5.56 Å². The summed E-state index contributed by atoms with van der Waals surface area (Å²) >= 11 is 0. The maximum Gasteiger partial charge on any atom is 0.136 e. The SMILES string of the molecule is COc1ccc(-c2cc(C)c3c(C(C)C)ncnn23)cc1. The average molecular weight is 281 g/mol. The fraction of sp³-hybridized carbons (Fsp3) is 0.294. The molecule has 4 heteroatoms. The van der Waals surface area contributed by atoms with Crippen LogP contribution in [-0.4, -0.2) is 21.7 Å². The van der Waals surface area contributed by atoms with Gasteiger partial charge in [-0.1, -0.05) is 13.8 Å². The molecule has 0 spiro atoms. The molecule has 0 saturated carbocycles. The van der Waals surface area contributed by atoms with E-state index in [0.29, 0.717) is 5.92 Å². The van der Waals surface area contributed by atoms with Crippen molar-refractivity contribution < 1.29 is 4.74 Å². The smallest absolute Gasteiger partial charge is 0.136 e. The van der Waals surface area contributed by atoms with E-state index in [9.17, 15) is 0 Å². The van der Waals surface area contributed by atoms with E-state index in [-0.39, 0.29) is 0 Å². The summed E-state index contributed by atoms with van der Waals surface area (Å²) in [6.07, 6.45) is 1.63. The molecule has 0 N–H and O–H groups in total. The summed E-state index contributed by atoms with van der Waals surface area (Å²) in [6.45, 7) is 6.42. The molecule has 0 atom stereocenters. The number of aryl methyl sites for hydroxylation is 1. The van der Waals surface area contributed by atoms with Crippen molar-refractivity contribution in [1.29, 1.82) is 0 Å². The standard InChI is InChI=1S/C17H19N3O/c1-11(2)16-17-12(3)9-15(20(17)19-10-18-16)13-5-7-14(21-4)8-6-13/h5-11H,1-4H3. The van der Waals surface area contributed by atoms with Gasteiger partial charge in [-0.05, 0) is 48.7 Å². The van der Waals surface area contributed by atoms with E-state index in [1.807, 2.05) is 16.6 Å². The first-order chi connectivity index (χ1) is 10.1. The first-order valence-corrected chi connectivity index (χ1v) is 7.09. The number of methoxy groups -OCH3 is 1. The summed E-state index contributed by atoms with van der Waals surface area (Å²) in [5.74, 6) is 1.22. The van der Waals surface area contributed by atoms with Crippen LogP contribution >= 0.6 is 0 Å². The van der Waals surface area contributed by atoms with Gasteiger partial charge >= 0.3 is 0 Å². The molecule has 0 unspecified atom stereocenters. The number of benzene rings is 1. The van der Waals surface area contributed by atoms with Crippen LogP contribution in [0.1, 0.15) is 31.0 Å². The van der Waals surface area contributed by atoms with Crippen LogP contribution in [0.5, 0.6) is 5.75 Å². The highest BCUT2D eigenvalue weighted by Crippen LogP contribution is 2.29. The van der Waals surface area contributed by atoms with Crippen molar-refractivity contribution in [2.24, 2.45) is 0 Å². The van der Waals surface area contributed by atoms with E-state index in [1.165, 1.54) is 5.56 Å². The van der Waals surface area contributed by atoms with Crippen molar-refractivity contribution in [3.63, 3.8) is 0 Å². The van der Waals surface area contributed by atoms with E-state index < -0.39 is 0 Å². The summed E-state index contributed by atoms with van der Waals surface area (Å²) in [6, 6.07) is 10.2. The molecule has 0 aliphatic heterocycles. The predicted molar refractivity (Wildman–Crippen MR) is 83.8 cm³/mol. The molecular weight excluding hydrogens is 262 g/mol. The molecule has 0 saturated heterocycles. The minimum atomic E-state index is 0.368. The second-order valence-corrected chi connectivity index (χ2v) is 5.50. The van der Waals surface area contributed by atoms with Gasteiger partial charge in [0.1, 0.15) is 12.1 Å². The molecule has 0 aliphatic carbocycles. The quantitative estimate of drug-likeness (QED) is 0.732. The largest absolute Gasteiger partial charge is 0.497 e. The van der Waals surface area contributed by atoms with Crippen LogP contribution in [0.3, 0.4) is 0 Å². The van der Waals surface area contributed by atoms with Gasteiger partial charge in [-0.15, -0.1) is 0 Å². The third-order valence-corrected chi connectivity index (χ3v) is 3.71. The zero-order valence-electron chi connectivity index (χ0n) is 12.8. The first kappa shape index (κ1) is 13.6. The van der Waals surface area contributed by atoms with Gasteiger partial charge in [0.25, 0.3) is 0 Å². The van der Waals surface area contributed by atoms with Crippen molar-refractivity contribution >= 4 is 5.52 Å². The Balaban J connectivity index is 2.21. The van der Waals surface area contributed by atoms with E-state index >= 15 is 0 Å². The summed E-state index contributed by atoms with van der Waals surface area (Å²) in [5, 5.41) is 4.44. The predicted octanol–water partition coefficient (Wildman–Crippen LogP) is 3.84. The molecule has 3 aromatic rings. The average Bonchev–Trinajstić information content (AvgIpc) is 2.84. The van der Waals surface area contributed by atoms with Gasteiger partial charge in [0.05, 0.1) is 24.0 Å². The van der Waals surface area contributed by atoms with Gasteiger partial charge in [-0.2, -0.15) is 5.10 Å². The van der Waals surface area contributed by atoms with E-state index in [4.69, 9.17) is 4.74 Å². The molecule has 2 aromatic heterocycles. The summed E-state index contributed by atoms with van der Waals surface area (Å²) in [4.78, 5) is 4.45. The Morgan fingerprint density at radius 2 is 1.86 bits per heavy atom. The first-order valence-electron chi connectivity index (χ1n) is 7.09. The van der Waals surface area contributed by atoms with Crippen LogP contribution in [0.25, 0.3) is 16.8 Å². The monoisotopic (exact) mass is 281 g/mol. The third kappa shape index (κ3) is 2.27. The molecule has 3 rings (SSSR count). The van der Waals surface area contributed by atoms with Crippen molar-refractivity contribution in [2.45, 2.75) is 26.7 Å². The van der Waals surface area contributed by atoms with Gasteiger partial charge in [0.2, 0.25) is 0 Å². The normalized spacial score (nSPS) is 11.3. The van der Waals surface area contributed by atoms with Crippen LogP contribution in [0.15, 0.2) is 36.7 Å². The number of aromatic nitrogens is 3. The van der Waals surface area contributed by atoms with Crippen molar-refractivity contribution in [1.82, 2.24) is 14.6 Å². The molecule has 0 radical (unpaired) electrons. The molecular formula is C17H19N3O. The van der Waals surface area contributed by atoms with Crippen LogP contribution in [0.4, 0.5) is 0 Å². The number of hydrogen-bond donors (Lipinski definition) is 0. The minimum absolute atomic E-state index is 0.368. The molecule has 0 aliphatic rings. The number of nitrogens with zero attached hydrogens (tertiary/aromatic N) is 3. The summed E-state index contributed by atoms with van der Waals surface area (Å²) < 4.78 is 7.20. The second-order valence-electron chi connectivity index (χ2n) is 5.50. The highest BCUT2D eigenvalue weighted by molar-refractivity contribution is 5.72. The Hall–Kier alpha value is -2.36. The second kappa shape index (κ2) is 5.20. The lowest BCUT2D eigenvalue weighted by Crippen LogP contribution is -2.02. The Morgan fingerprint density at radius 3 is 2.48 bits per heavy atom. The van der Waals surface area contributed by atoms with Crippen LogP contribution in [0, 0.1) is 6.92 Å². The van der Waals surface area contributed by atoms with Crippen LogP contribution in [0.2, 0.25) is 0 Å². The zero-order valence-corrected chi connectivity index (χ0v) is 12.8. The van der Waals surface area contributed by atoms with Crippen LogP contribution < -0.4 is 4.74 Å². The molecule has 108 valence electrons. The molecule has 21 heavy (non-hydrogen) atoms. The fourth-order valence-corrected chi connectivity index (χ4v) is 2.64. The van der Waals surface area contributed by atoms with Crippen molar-refractivity contribution in [3.05, 3.63) is 47.9 Å².